The van der Waals surface area contributed by atoms with Crippen LogP contribution < -0.4 is 5.32 Å². The minimum atomic E-state index is 0.158. The highest BCUT2D eigenvalue weighted by Crippen LogP contribution is 2.28. The second-order valence-corrected chi connectivity index (χ2v) is 5.93. The molecule has 0 heterocycles. The Labute approximate surface area is 111 Å². The van der Waals surface area contributed by atoms with Crippen molar-refractivity contribution in [3.8, 4) is 0 Å². The van der Waals surface area contributed by atoms with Crippen molar-refractivity contribution in [1.82, 2.24) is 5.32 Å². The molecule has 0 atom stereocenters. The van der Waals surface area contributed by atoms with E-state index in [0.29, 0.717) is 6.73 Å². The van der Waals surface area contributed by atoms with Gasteiger partial charge in [0.1, 0.15) is 0 Å². The number of fused-ring (bicyclic) bond motifs is 1. The predicted octanol–water partition coefficient (Wildman–Crippen LogP) is 3.04. The summed E-state index contributed by atoms with van der Waals surface area (Å²) in [6, 6.07) is 7.06. The summed E-state index contributed by atoms with van der Waals surface area (Å²) in [5.74, 6) is 0. The van der Waals surface area contributed by atoms with E-state index in [1.54, 1.807) is 18.2 Å². The quantitative estimate of drug-likeness (QED) is 0.638. The van der Waals surface area contributed by atoms with E-state index in [-0.39, 0.29) is 5.41 Å². The zero-order valence-corrected chi connectivity index (χ0v) is 11.9. The van der Waals surface area contributed by atoms with Crippen molar-refractivity contribution in [3.63, 3.8) is 0 Å². The molecule has 2 nitrogen and oxygen atoms in total. The number of ether oxygens (including phenoxy) is 1. The minimum absolute atomic E-state index is 0.158. The molecule has 0 saturated heterocycles. The Morgan fingerprint density at radius 1 is 1.17 bits per heavy atom. The zero-order valence-electron chi connectivity index (χ0n) is 11.9. The molecule has 0 fully saturated rings. The topological polar surface area (TPSA) is 21.3 Å². The van der Waals surface area contributed by atoms with Gasteiger partial charge in [0.25, 0.3) is 0 Å². The highest BCUT2D eigenvalue weighted by Gasteiger charge is 2.21. The lowest BCUT2D eigenvalue weighted by Crippen LogP contribution is -2.34. The van der Waals surface area contributed by atoms with Crippen LogP contribution in [0.2, 0.25) is 0 Å². The van der Waals surface area contributed by atoms with Gasteiger partial charge in [-0.05, 0) is 42.4 Å². The van der Waals surface area contributed by atoms with Crippen LogP contribution in [0, 0.1) is 0 Å². The second-order valence-electron chi connectivity index (χ2n) is 5.93. The number of hydrogen-bond donors (Lipinski definition) is 1. The van der Waals surface area contributed by atoms with E-state index in [1.807, 2.05) is 0 Å². The van der Waals surface area contributed by atoms with Gasteiger partial charge in [-0.15, -0.1) is 0 Å². The largest absolute Gasteiger partial charge is 0.370 e. The normalized spacial score (nSPS) is 15.5. The number of rotatable bonds is 5. The first-order valence-electron chi connectivity index (χ1n) is 6.95. The Morgan fingerprint density at radius 2 is 1.89 bits per heavy atom. The molecule has 1 aliphatic rings. The summed E-state index contributed by atoms with van der Waals surface area (Å²) in [5, 5.41) is 3.33. The van der Waals surface area contributed by atoms with Crippen LogP contribution in [0.5, 0.6) is 0 Å². The van der Waals surface area contributed by atoms with E-state index in [9.17, 15) is 0 Å². The molecule has 0 unspecified atom stereocenters. The van der Waals surface area contributed by atoms with Gasteiger partial charge >= 0.3 is 0 Å². The van der Waals surface area contributed by atoms with E-state index in [2.05, 4.69) is 37.4 Å². The van der Waals surface area contributed by atoms with Crippen LogP contribution in [0.25, 0.3) is 0 Å². The average molecular weight is 247 g/mol. The van der Waals surface area contributed by atoms with Gasteiger partial charge in [-0.2, -0.15) is 0 Å². The third-order valence-corrected chi connectivity index (χ3v) is 3.94. The Bertz CT molecular complexity index is 398. The summed E-state index contributed by atoms with van der Waals surface area (Å²) in [6.45, 7) is 6.15. The number of benzene rings is 1. The van der Waals surface area contributed by atoms with Crippen LogP contribution in [0.15, 0.2) is 18.2 Å². The fraction of sp³-hybridized carbons (Fsp3) is 0.625. The summed E-state index contributed by atoms with van der Waals surface area (Å²) >= 11 is 0. The first kappa shape index (κ1) is 13.6. The summed E-state index contributed by atoms with van der Waals surface area (Å²) in [4.78, 5) is 0. The van der Waals surface area contributed by atoms with Gasteiger partial charge in [0.2, 0.25) is 0 Å². The average Bonchev–Trinajstić information content (AvgIpc) is 2.38. The fourth-order valence-electron chi connectivity index (χ4n) is 2.72. The van der Waals surface area contributed by atoms with Crippen molar-refractivity contribution in [2.45, 2.75) is 44.9 Å². The molecule has 0 saturated carbocycles. The molecule has 1 aliphatic carbocycles. The molecule has 0 amide bonds. The molecule has 0 spiro atoms. The third-order valence-electron chi connectivity index (χ3n) is 3.94. The van der Waals surface area contributed by atoms with Gasteiger partial charge in [0.05, 0.1) is 6.73 Å². The molecule has 100 valence electrons. The molecular weight excluding hydrogens is 222 g/mol. The van der Waals surface area contributed by atoms with Crippen molar-refractivity contribution in [2.24, 2.45) is 0 Å². The maximum Gasteiger partial charge on any atom is 0.0961 e. The number of hydrogen-bond acceptors (Lipinski definition) is 2. The Balaban J connectivity index is 2.11. The molecule has 0 radical (unpaired) electrons. The predicted molar refractivity (Wildman–Crippen MR) is 76.0 cm³/mol. The monoisotopic (exact) mass is 247 g/mol. The Kier molecular flexibility index (Phi) is 4.41. The van der Waals surface area contributed by atoms with Crippen LogP contribution in [0.1, 0.15) is 43.4 Å². The molecule has 2 heteroatoms. The first-order valence-corrected chi connectivity index (χ1v) is 6.95. The number of aryl methyl sites for hydroxylation is 2. The number of methoxy groups -OCH3 is 1. The fourth-order valence-corrected chi connectivity index (χ4v) is 2.72. The molecular formula is C16H25NO. The highest BCUT2D eigenvalue weighted by molar-refractivity contribution is 5.37. The summed E-state index contributed by atoms with van der Waals surface area (Å²) in [6.07, 6.45) is 5.21. The SMILES string of the molecule is COCNCC(C)(C)c1ccc2c(c1)CCCC2. The molecule has 1 N–H and O–H groups in total. The molecule has 0 bridgehead atoms. The summed E-state index contributed by atoms with van der Waals surface area (Å²) in [7, 11) is 1.72. The second kappa shape index (κ2) is 5.85. The lowest BCUT2D eigenvalue weighted by Gasteiger charge is -2.28. The Hall–Kier alpha value is -0.860. The molecule has 0 aliphatic heterocycles. The lowest BCUT2D eigenvalue weighted by atomic mass is 9.81. The first-order chi connectivity index (χ1) is 8.63. The van der Waals surface area contributed by atoms with Crippen molar-refractivity contribution in [2.75, 3.05) is 20.4 Å². The van der Waals surface area contributed by atoms with Gasteiger partial charge < -0.3 is 4.74 Å². The van der Waals surface area contributed by atoms with E-state index in [4.69, 9.17) is 4.74 Å². The van der Waals surface area contributed by atoms with Crippen LogP contribution in [0.3, 0.4) is 0 Å². The number of nitrogens with one attached hydrogen (secondary N) is 1. The smallest absolute Gasteiger partial charge is 0.0961 e. The molecule has 0 aromatic heterocycles. The van der Waals surface area contributed by atoms with Crippen LogP contribution in [-0.2, 0) is 23.0 Å². The maximum absolute atomic E-state index is 5.05. The van der Waals surface area contributed by atoms with Gasteiger partial charge in [-0.1, -0.05) is 32.0 Å². The van der Waals surface area contributed by atoms with E-state index in [1.165, 1.54) is 31.2 Å². The van der Waals surface area contributed by atoms with Crippen LogP contribution >= 0.6 is 0 Å². The molecule has 18 heavy (non-hydrogen) atoms. The standard InChI is InChI=1S/C16H25NO/c1-16(2,11-17-12-18-3)15-9-8-13-6-4-5-7-14(13)10-15/h8-10,17H,4-7,11-12H2,1-3H3. The minimum Gasteiger partial charge on any atom is -0.370 e. The van der Waals surface area contributed by atoms with Crippen molar-refractivity contribution in [1.29, 1.82) is 0 Å². The van der Waals surface area contributed by atoms with E-state index < -0.39 is 0 Å². The maximum atomic E-state index is 5.05. The van der Waals surface area contributed by atoms with Crippen LogP contribution in [0.4, 0.5) is 0 Å². The lowest BCUT2D eigenvalue weighted by molar-refractivity contribution is 0.169. The van der Waals surface area contributed by atoms with E-state index >= 15 is 0 Å². The third kappa shape index (κ3) is 3.12. The molecule has 2 rings (SSSR count). The van der Waals surface area contributed by atoms with Gasteiger partial charge in [0.15, 0.2) is 0 Å². The Morgan fingerprint density at radius 3 is 2.61 bits per heavy atom. The van der Waals surface area contributed by atoms with Crippen molar-refractivity contribution in [3.05, 3.63) is 34.9 Å². The zero-order chi connectivity index (χ0) is 13.0. The summed E-state index contributed by atoms with van der Waals surface area (Å²) < 4.78 is 5.05. The molecule has 1 aromatic rings. The van der Waals surface area contributed by atoms with Gasteiger partial charge in [-0.3, -0.25) is 5.32 Å². The van der Waals surface area contributed by atoms with Crippen molar-refractivity contribution >= 4 is 0 Å². The van der Waals surface area contributed by atoms with Gasteiger partial charge in [0, 0.05) is 19.1 Å². The highest BCUT2D eigenvalue weighted by atomic mass is 16.5. The summed E-state index contributed by atoms with van der Waals surface area (Å²) in [5.41, 5.74) is 4.72. The van der Waals surface area contributed by atoms with Gasteiger partial charge in [-0.25, -0.2) is 0 Å². The van der Waals surface area contributed by atoms with Crippen molar-refractivity contribution < 1.29 is 4.74 Å². The van der Waals surface area contributed by atoms with E-state index in [0.717, 1.165) is 6.54 Å². The molecule has 1 aromatic carbocycles. The van der Waals surface area contributed by atoms with Crippen LogP contribution in [-0.4, -0.2) is 20.4 Å².